The summed E-state index contributed by atoms with van der Waals surface area (Å²) >= 11 is 1.70. The smallest absolute Gasteiger partial charge is 0.406 e. The Hall–Kier alpha value is -3.50. The van der Waals surface area contributed by atoms with E-state index in [-0.39, 0.29) is 18.0 Å². The van der Waals surface area contributed by atoms with E-state index in [0.29, 0.717) is 5.69 Å². The number of rotatable bonds is 5. The van der Waals surface area contributed by atoms with Crippen LogP contribution in [0.25, 0.3) is 0 Å². The Morgan fingerprint density at radius 1 is 0.941 bits per heavy atom. The number of amidine groups is 1. The first kappa shape index (κ1) is 22.3. The lowest BCUT2D eigenvalue weighted by atomic mass is 10.1. The van der Waals surface area contributed by atoms with Gasteiger partial charge in [0.25, 0.3) is 0 Å². The molecule has 6 nitrogen and oxygen atoms in total. The molecule has 0 aliphatic carbocycles. The average Bonchev–Trinajstić information content (AvgIpc) is 3.50. The molecule has 3 aromatic rings. The Morgan fingerprint density at radius 3 is 2.38 bits per heavy atom. The second kappa shape index (κ2) is 9.40. The van der Waals surface area contributed by atoms with E-state index in [4.69, 9.17) is 4.99 Å². The third-order valence-corrected chi connectivity index (χ3v) is 6.22. The topological polar surface area (TPSA) is 61.2 Å². The van der Waals surface area contributed by atoms with Gasteiger partial charge < -0.3 is 10.1 Å². The van der Waals surface area contributed by atoms with Crippen LogP contribution in [-0.2, 0) is 0 Å². The summed E-state index contributed by atoms with van der Waals surface area (Å²) in [6.07, 6.45) is -3.42. The fourth-order valence-electron chi connectivity index (χ4n) is 3.60. The maximum Gasteiger partial charge on any atom is 0.573 e. The number of alkyl halides is 3. The van der Waals surface area contributed by atoms with Gasteiger partial charge in [0.15, 0.2) is 5.17 Å². The van der Waals surface area contributed by atoms with Gasteiger partial charge >= 0.3 is 6.36 Å². The molecule has 2 aliphatic rings. The van der Waals surface area contributed by atoms with Crippen LogP contribution in [0.1, 0.15) is 23.3 Å². The van der Waals surface area contributed by atoms with Crippen molar-refractivity contribution in [3.63, 3.8) is 0 Å². The first-order valence-electron chi connectivity index (χ1n) is 10.5. The Kier molecular flexibility index (Phi) is 6.16. The summed E-state index contributed by atoms with van der Waals surface area (Å²) < 4.78 is 40.9. The highest BCUT2D eigenvalue weighted by molar-refractivity contribution is 8.14. The third-order valence-electron chi connectivity index (χ3n) is 5.25. The van der Waals surface area contributed by atoms with Gasteiger partial charge in [0.05, 0.1) is 11.7 Å². The van der Waals surface area contributed by atoms with Crippen molar-refractivity contribution in [1.29, 1.82) is 0 Å². The van der Waals surface area contributed by atoms with Gasteiger partial charge in [-0.25, -0.2) is 4.99 Å². The Morgan fingerprint density at radius 2 is 1.68 bits per heavy atom. The van der Waals surface area contributed by atoms with E-state index < -0.39 is 6.36 Å². The van der Waals surface area contributed by atoms with Crippen molar-refractivity contribution in [3.8, 4) is 5.75 Å². The van der Waals surface area contributed by atoms with Crippen LogP contribution in [0, 0.1) is 0 Å². The maximum absolute atomic E-state index is 12.3. The van der Waals surface area contributed by atoms with Gasteiger partial charge in [0.2, 0.25) is 0 Å². The highest BCUT2D eigenvalue weighted by Crippen LogP contribution is 2.31. The normalized spacial score (nSPS) is 19.9. The van der Waals surface area contributed by atoms with Crippen LogP contribution in [0.3, 0.4) is 0 Å². The monoisotopic (exact) mass is 483 g/mol. The fraction of sp³-hybridized carbons (Fsp3) is 0.167. The molecule has 0 saturated heterocycles. The zero-order valence-corrected chi connectivity index (χ0v) is 18.6. The van der Waals surface area contributed by atoms with Crippen LogP contribution in [0.5, 0.6) is 5.75 Å². The predicted octanol–water partition coefficient (Wildman–Crippen LogP) is 5.89. The summed E-state index contributed by atoms with van der Waals surface area (Å²) in [6.45, 7) is 0. The van der Waals surface area contributed by atoms with Crippen molar-refractivity contribution in [2.45, 2.75) is 18.6 Å². The van der Waals surface area contributed by atoms with Crippen molar-refractivity contribution in [2.75, 3.05) is 16.1 Å². The van der Waals surface area contributed by atoms with Gasteiger partial charge in [-0.3, -0.25) is 10.0 Å². The van der Waals surface area contributed by atoms with E-state index in [1.165, 1.54) is 29.8 Å². The van der Waals surface area contributed by atoms with E-state index >= 15 is 0 Å². The lowest BCUT2D eigenvalue weighted by Crippen LogP contribution is -2.33. The number of ether oxygens (including phenoxy) is 1. The van der Waals surface area contributed by atoms with E-state index in [1.54, 1.807) is 23.1 Å². The minimum absolute atomic E-state index is 0.157. The Labute approximate surface area is 198 Å². The number of benzene rings is 3. The van der Waals surface area contributed by atoms with Crippen molar-refractivity contribution < 1.29 is 17.9 Å². The molecule has 0 aromatic heterocycles. The predicted molar refractivity (Wildman–Crippen MR) is 129 cm³/mol. The molecular formula is C24H20F3N5OS. The lowest BCUT2D eigenvalue weighted by Gasteiger charge is -2.18. The summed E-state index contributed by atoms with van der Waals surface area (Å²) in [6, 6.07) is 23.8. The van der Waals surface area contributed by atoms with Gasteiger partial charge in [-0.1, -0.05) is 54.2 Å². The number of hydrogen-bond acceptors (Lipinski definition) is 7. The van der Waals surface area contributed by atoms with E-state index in [0.717, 1.165) is 22.2 Å². The number of anilines is 2. The second-order valence-electron chi connectivity index (χ2n) is 7.63. The average molecular weight is 484 g/mol. The summed E-state index contributed by atoms with van der Waals surface area (Å²) in [7, 11) is 0. The number of nitrogens with zero attached hydrogens (tertiary/aromatic N) is 3. The van der Waals surface area contributed by atoms with Gasteiger partial charge in [0.1, 0.15) is 18.3 Å². The molecule has 2 N–H and O–H groups in total. The summed E-state index contributed by atoms with van der Waals surface area (Å²) in [4.78, 5) is 9.23. The van der Waals surface area contributed by atoms with Crippen LogP contribution in [0.15, 0.2) is 88.8 Å². The molecule has 2 aliphatic heterocycles. The number of halogens is 3. The lowest BCUT2D eigenvalue weighted by molar-refractivity contribution is -0.274. The van der Waals surface area contributed by atoms with E-state index in [2.05, 4.69) is 32.6 Å². The Balaban J connectivity index is 1.18. The van der Waals surface area contributed by atoms with Gasteiger partial charge in [-0.15, -0.1) is 13.2 Å². The molecule has 5 rings (SSSR count). The quantitative estimate of drug-likeness (QED) is 0.474. The molecule has 0 radical (unpaired) electrons. The summed E-state index contributed by atoms with van der Waals surface area (Å²) in [5.74, 6) is 0.636. The SMILES string of the molecule is FC(F)(F)Oc1ccc(N2C=NC(c3ccc(NC4=NC(c5ccccc5)CS4)cc3)N2)cc1. The molecule has 3 aromatic carbocycles. The molecule has 2 unspecified atom stereocenters. The molecule has 34 heavy (non-hydrogen) atoms. The van der Waals surface area contributed by atoms with E-state index in [1.807, 2.05) is 42.5 Å². The zero-order chi connectivity index (χ0) is 23.5. The standard InChI is InChI=1S/C24H20F3N5OS/c25-24(26,27)33-20-12-10-19(11-13-20)32-15-28-22(31-32)17-6-8-18(9-7-17)29-23-30-21(14-34-23)16-4-2-1-3-5-16/h1-13,15,21-22,31H,14H2,(H,29,30). The van der Waals surface area contributed by atoms with Crippen LogP contribution in [0.4, 0.5) is 24.5 Å². The maximum atomic E-state index is 12.3. The van der Waals surface area contributed by atoms with Gasteiger partial charge in [0, 0.05) is 11.4 Å². The molecule has 0 bridgehead atoms. The number of hydrazine groups is 1. The minimum Gasteiger partial charge on any atom is -0.406 e. The highest BCUT2D eigenvalue weighted by atomic mass is 32.2. The third kappa shape index (κ3) is 5.35. The highest BCUT2D eigenvalue weighted by Gasteiger charge is 2.31. The molecule has 174 valence electrons. The largest absolute Gasteiger partial charge is 0.573 e. The zero-order valence-electron chi connectivity index (χ0n) is 17.7. The molecular weight excluding hydrogens is 463 g/mol. The second-order valence-corrected chi connectivity index (χ2v) is 8.64. The first-order valence-corrected chi connectivity index (χ1v) is 11.5. The van der Waals surface area contributed by atoms with Gasteiger partial charge in [-0.2, -0.15) is 5.43 Å². The van der Waals surface area contributed by atoms with Crippen molar-refractivity contribution >= 4 is 34.6 Å². The molecule has 0 fully saturated rings. The van der Waals surface area contributed by atoms with Crippen LogP contribution in [-0.4, -0.2) is 23.6 Å². The molecule has 0 spiro atoms. The molecule has 10 heteroatoms. The van der Waals surface area contributed by atoms with Crippen LogP contribution >= 0.6 is 11.8 Å². The summed E-state index contributed by atoms with van der Waals surface area (Å²) in [5, 5.41) is 5.91. The number of aliphatic imine (C=N–C) groups is 2. The van der Waals surface area contributed by atoms with Crippen molar-refractivity contribution in [2.24, 2.45) is 9.98 Å². The minimum atomic E-state index is -4.71. The van der Waals surface area contributed by atoms with Crippen molar-refractivity contribution in [1.82, 2.24) is 5.43 Å². The number of hydrogen-bond donors (Lipinski definition) is 2. The van der Waals surface area contributed by atoms with Crippen molar-refractivity contribution in [3.05, 3.63) is 90.0 Å². The molecule has 2 atom stereocenters. The molecule has 0 amide bonds. The summed E-state index contributed by atoms with van der Waals surface area (Å²) in [5.41, 5.74) is 6.94. The molecule has 2 heterocycles. The van der Waals surface area contributed by atoms with Crippen LogP contribution < -0.4 is 20.5 Å². The van der Waals surface area contributed by atoms with Gasteiger partial charge in [-0.05, 0) is 47.5 Å². The number of thioether (sulfide) groups is 1. The van der Waals surface area contributed by atoms with Crippen LogP contribution in [0.2, 0.25) is 0 Å². The Bertz CT molecular complexity index is 1180. The fourth-order valence-corrected chi connectivity index (χ4v) is 4.58. The van der Waals surface area contributed by atoms with E-state index in [9.17, 15) is 13.2 Å². The number of nitrogens with one attached hydrogen (secondary N) is 2. The first-order chi connectivity index (χ1) is 16.4. The molecule has 0 saturated carbocycles.